The van der Waals surface area contributed by atoms with E-state index in [4.69, 9.17) is 27.9 Å². The number of carbonyl (C=O) groups is 1. The third-order valence-electron chi connectivity index (χ3n) is 5.20. The van der Waals surface area contributed by atoms with Crippen LogP contribution >= 0.6 is 23.2 Å². The molecular formula is C23H22Cl2N4O2. The van der Waals surface area contributed by atoms with Crippen molar-refractivity contribution < 1.29 is 9.53 Å². The molecule has 160 valence electrons. The fourth-order valence-corrected chi connectivity index (χ4v) is 3.84. The van der Waals surface area contributed by atoms with Crippen LogP contribution in [0.4, 0.5) is 5.82 Å². The molecule has 1 aromatic heterocycles. The monoisotopic (exact) mass is 456 g/mol. The van der Waals surface area contributed by atoms with Gasteiger partial charge in [-0.2, -0.15) is 0 Å². The Morgan fingerprint density at radius 2 is 1.71 bits per heavy atom. The molecule has 0 saturated carbocycles. The molecule has 2 aromatic carbocycles. The van der Waals surface area contributed by atoms with Crippen molar-refractivity contribution in [1.29, 1.82) is 0 Å². The third kappa shape index (κ3) is 5.27. The minimum absolute atomic E-state index is 0.0631. The number of aryl methyl sites for hydroxylation is 1. The number of rotatable bonds is 5. The highest BCUT2D eigenvalue weighted by atomic mass is 35.5. The standard InChI is InChI=1S/C23H22Cl2N4O2/c1-16-2-4-17(5-3-16)20-7-9-22(27-26-20)28-10-12-29(13-11-28)23(30)15-31-21-8-6-18(24)14-19(21)25/h2-9,14H,10-13,15H2,1H3. The van der Waals surface area contributed by atoms with Gasteiger partial charge in [0.2, 0.25) is 0 Å². The second-order valence-corrected chi connectivity index (χ2v) is 8.22. The number of nitrogens with zero attached hydrogens (tertiary/aromatic N) is 4. The van der Waals surface area contributed by atoms with Crippen LogP contribution in [0.25, 0.3) is 11.3 Å². The molecule has 0 radical (unpaired) electrons. The van der Waals surface area contributed by atoms with Gasteiger partial charge in [-0.15, -0.1) is 10.2 Å². The van der Waals surface area contributed by atoms with Gasteiger partial charge < -0.3 is 14.5 Å². The number of benzene rings is 2. The van der Waals surface area contributed by atoms with Gasteiger partial charge in [0.15, 0.2) is 12.4 Å². The maximum Gasteiger partial charge on any atom is 0.260 e. The molecule has 1 amide bonds. The first-order valence-corrected chi connectivity index (χ1v) is 10.8. The van der Waals surface area contributed by atoms with Crippen molar-refractivity contribution in [3.05, 3.63) is 70.2 Å². The van der Waals surface area contributed by atoms with Gasteiger partial charge in [0, 0.05) is 36.8 Å². The molecule has 31 heavy (non-hydrogen) atoms. The maximum absolute atomic E-state index is 12.5. The summed E-state index contributed by atoms with van der Waals surface area (Å²) in [6, 6.07) is 17.1. The van der Waals surface area contributed by atoms with Crippen molar-refractivity contribution in [2.45, 2.75) is 6.92 Å². The van der Waals surface area contributed by atoms with Crippen LogP contribution in [0.5, 0.6) is 5.75 Å². The second-order valence-electron chi connectivity index (χ2n) is 7.37. The van der Waals surface area contributed by atoms with E-state index in [1.54, 1.807) is 23.1 Å². The quantitative estimate of drug-likeness (QED) is 0.565. The average Bonchev–Trinajstić information content (AvgIpc) is 2.79. The topological polar surface area (TPSA) is 58.6 Å². The lowest BCUT2D eigenvalue weighted by atomic mass is 10.1. The summed E-state index contributed by atoms with van der Waals surface area (Å²) in [5.41, 5.74) is 3.10. The number of carbonyl (C=O) groups excluding carboxylic acids is 1. The molecule has 6 nitrogen and oxygen atoms in total. The summed E-state index contributed by atoms with van der Waals surface area (Å²) in [6.07, 6.45) is 0. The Kier molecular flexibility index (Phi) is 6.59. The lowest BCUT2D eigenvalue weighted by molar-refractivity contribution is -0.133. The highest BCUT2D eigenvalue weighted by Gasteiger charge is 2.22. The fourth-order valence-electron chi connectivity index (χ4n) is 3.38. The van der Waals surface area contributed by atoms with Crippen molar-refractivity contribution in [2.24, 2.45) is 0 Å². The summed E-state index contributed by atoms with van der Waals surface area (Å²) in [5, 5.41) is 9.67. The van der Waals surface area contributed by atoms with Crippen LogP contribution in [0.1, 0.15) is 5.56 Å². The van der Waals surface area contributed by atoms with Crippen LogP contribution in [-0.4, -0.2) is 53.8 Å². The van der Waals surface area contributed by atoms with Gasteiger partial charge in [-0.1, -0.05) is 53.0 Å². The predicted octanol–water partition coefficient (Wildman–Crippen LogP) is 4.49. The van der Waals surface area contributed by atoms with Gasteiger partial charge in [-0.05, 0) is 37.3 Å². The minimum Gasteiger partial charge on any atom is -0.482 e. The Bertz CT molecular complexity index is 1050. The number of piperazine rings is 1. The lowest BCUT2D eigenvalue weighted by Gasteiger charge is -2.35. The zero-order chi connectivity index (χ0) is 21.8. The Balaban J connectivity index is 1.29. The van der Waals surface area contributed by atoms with Crippen molar-refractivity contribution in [2.75, 3.05) is 37.7 Å². The molecule has 0 bridgehead atoms. The SMILES string of the molecule is Cc1ccc(-c2ccc(N3CCN(C(=O)COc4ccc(Cl)cc4Cl)CC3)nn2)cc1. The summed E-state index contributed by atoms with van der Waals surface area (Å²) < 4.78 is 5.56. The molecular weight excluding hydrogens is 435 g/mol. The van der Waals surface area contributed by atoms with Crippen LogP contribution in [0, 0.1) is 6.92 Å². The number of aromatic nitrogens is 2. The van der Waals surface area contributed by atoms with E-state index >= 15 is 0 Å². The third-order valence-corrected chi connectivity index (χ3v) is 5.73. The van der Waals surface area contributed by atoms with Gasteiger partial charge in [-0.3, -0.25) is 4.79 Å². The van der Waals surface area contributed by atoms with Crippen LogP contribution < -0.4 is 9.64 Å². The molecule has 0 aliphatic carbocycles. The van der Waals surface area contributed by atoms with Gasteiger partial charge in [0.25, 0.3) is 5.91 Å². The van der Waals surface area contributed by atoms with E-state index < -0.39 is 0 Å². The minimum atomic E-state index is -0.0773. The molecule has 0 atom stereocenters. The molecule has 1 aliphatic rings. The van der Waals surface area contributed by atoms with E-state index in [1.807, 2.05) is 24.3 Å². The van der Waals surface area contributed by atoms with Gasteiger partial charge in [0.05, 0.1) is 10.7 Å². The van der Waals surface area contributed by atoms with Crippen molar-refractivity contribution in [3.63, 3.8) is 0 Å². The molecule has 0 spiro atoms. The van der Waals surface area contributed by atoms with Crippen molar-refractivity contribution in [3.8, 4) is 17.0 Å². The van der Waals surface area contributed by atoms with Gasteiger partial charge in [-0.25, -0.2) is 0 Å². The molecule has 1 fully saturated rings. The Labute approximate surface area is 191 Å². The first kappa shape index (κ1) is 21.4. The van der Waals surface area contributed by atoms with E-state index in [-0.39, 0.29) is 12.5 Å². The summed E-state index contributed by atoms with van der Waals surface area (Å²) in [5.74, 6) is 1.18. The van der Waals surface area contributed by atoms with Crippen molar-refractivity contribution >= 4 is 34.9 Å². The number of halogens is 2. The number of hydrogen-bond donors (Lipinski definition) is 0. The highest BCUT2D eigenvalue weighted by molar-refractivity contribution is 6.35. The first-order chi connectivity index (χ1) is 15.0. The molecule has 0 unspecified atom stereocenters. The van der Waals surface area contributed by atoms with Crippen molar-refractivity contribution in [1.82, 2.24) is 15.1 Å². The number of hydrogen-bond acceptors (Lipinski definition) is 5. The van der Waals surface area contributed by atoms with E-state index in [2.05, 4.69) is 34.2 Å². The normalized spacial score (nSPS) is 13.9. The number of amides is 1. The molecule has 2 heterocycles. The van der Waals surface area contributed by atoms with Crippen LogP contribution in [0.2, 0.25) is 10.0 Å². The van der Waals surface area contributed by atoms with E-state index in [1.165, 1.54) is 5.56 Å². The Morgan fingerprint density at radius 1 is 0.968 bits per heavy atom. The lowest BCUT2D eigenvalue weighted by Crippen LogP contribution is -2.50. The zero-order valence-corrected chi connectivity index (χ0v) is 18.6. The molecule has 1 saturated heterocycles. The first-order valence-electron chi connectivity index (χ1n) is 10.0. The number of ether oxygens (including phenoxy) is 1. The molecule has 3 aromatic rings. The molecule has 4 rings (SSSR count). The average molecular weight is 457 g/mol. The maximum atomic E-state index is 12.5. The smallest absolute Gasteiger partial charge is 0.260 e. The predicted molar refractivity (Wildman–Crippen MR) is 123 cm³/mol. The fraction of sp³-hybridized carbons (Fsp3) is 0.261. The summed E-state index contributed by atoms with van der Waals surface area (Å²) in [7, 11) is 0. The van der Waals surface area contributed by atoms with E-state index in [0.717, 1.165) is 17.1 Å². The molecule has 8 heteroatoms. The Morgan fingerprint density at radius 3 is 2.35 bits per heavy atom. The van der Waals surface area contributed by atoms with Crippen LogP contribution in [0.3, 0.4) is 0 Å². The van der Waals surface area contributed by atoms with Crippen LogP contribution in [-0.2, 0) is 4.79 Å². The summed E-state index contributed by atoms with van der Waals surface area (Å²) in [4.78, 5) is 16.4. The summed E-state index contributed by atoms with van der Waals surface area (Å²) in [6.45, 7) is 4.56. The zero-order valence-electron chi connectivity index (χ0n) is 17.1. The Hall–Kier alpha value is -2.83. The van der Waals surface area contributed by atoms with E-state index in [9.17, 15) is 4.79 Å². The molecule has 1 aliphatic heterocycles. The van der Waals surface area contributed by atoms with Gasteiger partial charge >= 0.3 is 0 Å². The highest BCUT2D eigenvalue weighted by Crippen LogP contribution is 2.27. The second kappa shape index (κ2) is 9.54. The van der Waals surface area contributed by atoms with Gasteiger partial charge in [0.1, 0.15) is 5.75 Å². The van der Waals surface area contributed by atoms with Crippen LogP contribution in [0.15, 0.2) is 54.6 Å². The largest absolute Gasteiger partial charge is 0.482 e. The number of anilines is 1. The molecule has 0 N–H and O–H groups in total. The summed E-state index contributed by atoms with van der Waals surface area (Å²) >= 11 is 12.0. The van der Waals surface area contributed by atoms with E-state index in [0.29, 0.717) is 42.0 Å².